The Hall–Kier alpha value is -5.61. The van der Waals surface area contributed by atoms with Gasteiger partial charge in [0.2, 0.25) is 0 Å². The smallest absolute Gasteiger partial charge is 0.137 e. The van der Waals surface area contributed by atoms with Crippen molar-refractivity contribution in [1.82, 2.24) is 18.5 Å². The van der Waals surface area contributed by atoms with E-state index >= 15 is 0 Å². The number of hydrogen-bond donors (Lipinski definition) is 0. The van der Waals surface area contributed by atoms with E-state index in [2.05, 4.69) is 135 Å². The number of aromatic nitrogens is 4. The van der Waals surface area contributed by atoms with Gasteiger partial charge in [-0.2, -0.15) is 0 Å². The fraction of sp³-hybridized carbons (Fsp3) is 0. The van der Waals surface area contributed by atoms with E-state index in [0.29, 0.717) is 0 Å². The number of benzene rings is 5. The number of rotatable bonds is 3. The van der Waals surface area contributed by atoms with E-state index < -0.39 is 0 Å². The highest BCUT2D eigenvalue weighted by atomic mass is 15.0. The second-order valence-corrected chi connectivity index (χ2v) is 10.5. The van der Waals surface area contributed by atoms with Crippen molar-refractivity contribution >= 4 is 49.3 Å². The summed E-state index contributed by atoms with van der Waals surface area (Å²) in [6, 6.07) is 47.6. The molecular weight excluding hydrogens is 500 g/mol. The summed E-state index contributed by atoms with van der Waals surface area (Å²) in [6.45, 7) is 0. The third-order valence-corrected chi connectivity index (χ3v) is 8.27. The first-order valence-corrected chi connectivity index (χ1v) is 13.9. The van der Waals surface area contributed by atoms with Crippen molar-refractivity contribution in [2.45, 2.75) is 0 Å². The average molecular weight is 525 g/mol. The Morgan fingerprint density at radius 1 is 0.463 bits per heavy atom. The van der Waals surface area contributed by atoms with E-state index in [1.54, 1.807) is 0 Å². The Kier molecular flexibility index (Phi) is 4.58. The van der Waals surface area contributed by atoms with Gasteiger partial charge in [-0.15, -0.1) is 0 Å². The number of fused-ring (bicyclic) bond motifs is 8. The molecule has 192 valence electrons. The van der Waals surface area contributed by atoms with Crippen molar-refractivity contribution in [3.63, 3.8) is 0 Å². The molecule has 9 rings (SSSR count). The van der Waals surface area contributed by atoms with Gasteiger partial charge in [0, 0.05) is 50.9 Å². The molecule has 0 N–H and O–H groups in total. The molecular formula is C37H24N4. The second-order valence-electron chi connectivity index (χ2n) is 10.5. The molecule has 0 spiro atoms. The van der Waals surface area contributed by atoms with Crippen LogP contribution in [0.3, 0.4) is 0 Å². The Bertz CT molecular complexity index is 2370. The Labute approximate surface area is 236 Å². The predicted molar refractivity (Wildman–Crippen MR) is 169 cm³/mol. The third kappa shape index (κ3) is 3.19. The van der Waals surface area contributed by atoms with Crippen molar-refractivity contribution < 1.29 is 0 Å². The normalized spacial score (nSPS) is 11.9. The molecule has 0 amide bonds. The van der Waals surface area contributed by atoms with E-state index in [4.69, 9.17) is 4.98 Å². The van der Waals surface area contributed by atoms with E-state index in [1.807, 2.05) is 24.4 Å². The highest BCUT2D eigenvalue weighted by Crippen LogP contribution is 2.42. The number of hydrogen-bond acceptors (Lipinski definition) is 1. The maximum Gasteiger partial charge on any atom is 0.137 e. The summed E-state index contributed by atoms with van der Waals surface area (Å²) in [6.07, 6.45) is 4.13. The number of pyridine rings is 1. The van der Waals surface area contributed by atoms with Crippen LogP contribution in [0.4, 0.5) is 0 Å². The molecule has 41 heavy (non-hydrogen) atoms. The van der Waals surface area contributed by atoms with Crippen molar-refractivity contribution in [1.29, 1.82) is 0 Å². The van der Waals surface area contributed by atoms with Crippen LogP contribution in [0.2, 0.25) is 0 Å². The zero-order chi connectivity index (χ0) is 26.9. The van der Waals surface area contributed by atoms with Crippen molar-refractivity contribution in [3.05, 3.63) is 146 Å². The standard InChI is InChI=1S/C37H24N4/c1-2-10-26(11-3-1)40-33-15-7-5-13-30(33)36-34(40)22-21-29-28-12-4-6-14-32(28)41(37(29)36)27-19-17-25(18-20-27)31-24-39-23-9-8-16-35(39)38-31/h1-24H. The molecule has 4 aromatic heterocycles. The van der Waals surface area contributed by atoms with Crippen molar-refractivity contribution in [2.75, 3.05) is 0 Å². The van der Waals surface area contributed by atoms with E-state index in [0.717, 1.165) is 28.3 Å². The van der Waals surface area contributed by atoms with Crippen LogP contribution in [0.1, 0.15) is 0 Å². The van der Waals surface area contributed by atoms with Gasteiger partial charge in [0.15, 0.2) is 0 Å². The lowest BCUT2D eigenvalue weighted by Crippen LogP contribution is -1.95. The minimum atomic E-state index is 0.950. The third-order valence-electron chi connectivity index (χ3n) is 8.27. The lowest BCUT2D eigenvalue weighted by atomic mass is 10.1. The fourth-order valence-corrected chi connectivity index (χ4v) is 6.49. The first-order valence-electron chi connectivity index (χ1n) is 13.9. The molecule has 4 nitrogen and oxygen atoms in total. The fourth-order valence-electron chi connectivity index (χ4n) is 6.49. The molecule has 9 aromatic rings. The van der Waals surface area contributed by atoms with Crippen LogP contribution >= 0.6 is 0 Å². The van der Waals surface area contributed by atoms with Gasteiger partial charge in [0.1, 0.15) is 5.65 Å². The molecule has 0 bridgehead atoms. The van der Waals surface area contributed by atoms with E-state index in [1.165, 1.54) is 43.6 Å². The summed E-state index contributed by atoms with van der Waals surface area (Å²) in [7, 11) is 0. The molecule has 0 saturated heterocycles. The predicted octanol–water partition coefficient (Wildman–Crippen LogP) is 9.20. The number of para-hydroxylation sites is 3. The van der Waals surface area contributed by atoms with Crippen LogP contribution < -0.4 is 0 Å². The molecule has 0 unspecified atom stereocenters. The SMILES string of the molecule is c1ccc(-n2c3ccccc3c3c2ccc2c4ccccc4n(-c4ccc(-c5cn6ccccc6n5)cc4)c23)cc1. The van der Waals surface area contributed by atoms with Gasteiger partial charge in [-0.1, -0.05) is 78.9 Å². The molecule has 0 saturated carbocycles. The minimum absolute atomic E-state index is 0.950. The van der Waals surface area contributed by atoms with Crippen LogP contribution in [0.15, 0.2) is 146 Å². The molecule has 0 aliphatic heterocycles. The largest absolute Gasteiger partial charge is 0.309 e. The van der Waals surface area contributed by atoms with Crippen molar-refractivity contribution in [2.24, 2.45) is 0 Å². The zero-order valence-corrected chi connectivity index (χ0v) is 22.1. The van der Waals surface area contributed by atoms with Gasteiger partial charge in [-0.25, -0.2) is 4.98 Å². The maximum absolute atomic E-state index is 4.84. The molecule has 0 atom stereocenters. The molecule has 4 heteroatoms. The van der Waals surface area contributed by atoms with Crippen LogP contribution in [0.5, 0.6) is 0 Å². The number of imidazole rings is 1. The number of nitrogens with zero attached hydrogens (tertiary/aromatic N) is 4. The minimum Gasteiger partial charge on any atom is -0.309 e. The summed E-state index contributed by atoms with van der Waals surface area (Å²) in [4.78, 5) is 4.84. The summed E-state index contributed by atoms with van der Waals surface area (Å²) in [5, 5.41) is 5.03. The maximum atomic E-state index is 4.84. The van der Waals surface area contributed by atoms with Gasteiger partial charge >= 0.3 is 0 Å². The lowest BCUT2D eigenvalue weighted by Gasteiger charge is -2.10. The van der Waals surface area contributed by atoms with Crippen LogP contribution in [-0.4, -0.2) is 18.5 Å². The van der Waals surface area contributed by atoms with Gasteiger partial charge in [0.05, 0.1) is 27.8 Å². The van der Waals surface area contributed by atoms with Gasteiger partial charge in [-0.05, 0) is 54.6 Å². The molecule has 0 aliphatic carbocycles. The highest BCUT2D eigenvalue weighted by molar-refractivity contribution is 6.26. The van der Waals surface area contributed by atoms with Gasteiger partial charge < -0.3 is 13.5 Å². The first kappa shape index (κ1) is 22.2. The Morgan fingerprint density at radius 3 is 1.95 bits per heavy atom. The van der Waals surface area contributed by atoms with Crippen LogP contribution in [-0.2, 0) is 0 Å². The molecule has 0 fully saturated rings. The highest BCUT2D eigenvalue weighted by Gasteiger charge is 2.20. The summed E-state index contributed by atoms with van der Waals surface area (Å²) < 4.78 is 6.89. The molecule has 0 radical (unpaired) electrons. The quantitative estimate of drug-likeness (QED) is 0.226. The summed E-state index contributed by atoms with van der Waals surface area (Å²) in [5.74, 6) is 0. The van der Waals surface area contributed by atoms with Crippen LogP contribution in [0.25, 0.3) is 71.9 Å². The van der Waals surface area contributed by atoms with E-state index in [-0.39, 0.29) is 0 Å². The molecule has 0 aliphatic rings. The summed E-state index contributed by atoms with van der Waals surface area (Å²) >= 11 is 0. The van der Waals surface area contributed by atoms with Gasteiger partial charge in [-0.3, -0.25) is 0 Å². The molecule has 5 aromatic carbocycles. The first-order chi connectivity index (χ1) is 20.3. The van der Waals surface area contributed by atoms with Gasteiger partial charge in [0.25, 0.3) is 0 Å². The Balaban J connectivity index is 1.35. The Morgan fingerprint density at radius 2 is 1.15 bits per heavy atom. The zero-order valence-electron chi connectivity index (χ0n) is 22.1. The molecule has 4 heterocycles. The topological polar surface area (TPSA) is 27.2 Å². The second kappa shape index (κ2) is 8.44. The van der Waals surface area contributed by atoms with E-state index in [9.17, 15) is 0 Å². The monoisotopic (exact) mass is 524 g/mol. The lowest BCUT2D eigenvalue weighted by molar-refractivity contribution is 1.17. The van der Waals surface area contributed by atoms with Crippen LogP contribution in [0, 0.1) is 0 Å². The average Bonchev–Trinajstić information content (AvgIpc) is 3.71. The van der Waals surface area contributed by atoms with Crippen molar-refractivity contribution in [3.8, 4) is 22.6 Å². The summed E-state index contributed by atoms with van der Waals surface area (Å²) in [5.41, 5.74) is 10.2.